The van der Waals surface area contributed by atoms with E-state index in [9.17, 15) is 4.79 Å². The Morgan fingerprint density at radius 2 is 1.95 bits per heavy atom. The van der Waals surface area contributed by atoms with Gasteiger partial charge in [-0.2, -0.15) is 0 Å². The quantitative estimate of drug-likeness (QED) is 0.890. The molecule has 21 heavy (non-hydrogen) atoms. The van der Waals surface area contributed by atoms with Crippen LogP contribution in [0.5, 0.6) is 0 Å². The Bertz CT molecular complexity index is 578. The number of likely N-dealkylation sites (N-methyl/N-ethyl adjacent to an activating group) is 1. The number of amides is 1. The number of aryl methyl sites for hydroxylation is 1. The van der Waals surface area contributed by atoms with Gasteiger partial charge in [0.2, 0.25) is 0 Å². The molecule has 2 rings (SSSR count). The molecule has 0 aliphatic heterocycles. The molecule has 0 bridgehead atoms. The van der Waals surface area contributed by atoms with Crippen molar-refractivity contribution >= 4 is 5.91 Å². The molecule has 0 fully saturated rings. The first kappa shape index (κ1) is 15.6. The molecule has 2 nitrogen and oxygen atoms in total. The molecular formula is C19H25NO. The molecule has 1 aliphatic rings. The van der Waals surface area contributed by atoms with Crippen molar-refractivity contribution in [3.8, 4) is 0 Å². The van der Waals surface area contributed by atoms with E-state index in [-0.39, 0.29) is 5.91 Å². The predicted molar refractivity (Wildman–Crippen MR) is 88.1 cm³/mol. The average Bonchev–Trinajstić information content (AvgIpc) is 2.50. The van der Waals surface area contributed by atoms with Crippen LogP contribution in [0.25, 0.3) is 0 Å². The van der Waals surface area contributed by atoms with Crippen LogP contribution >= 0.6 is 0 Å². The molecule has 1 N–H and O–H groups in total. The standard InChI is InChI=1S/C19H25NO/c1-5-16-10-14(3)17(12-18(16)19(21)20-4)11-15-8-6-13(2)7-9-15/h6-9,12,14H,5,10-11H2,1-4H3,(H,20,21). The summed E-state index contributed by atoms with van der Waals surface area (Å²) in [5.41, 5.74) is 6.10. The van der Waals surface area contributed by atoms with E-state index in [0.717, 1.165) is 24.8 Å². The van der Waals surface area contributed by atoms with E-state index in [0.29, 0.717) is 5.92 Å². The molecule has 1 aromatic carbocycles. The highest BCUT2D eigenvalue weighted by atomic mass is 16.1. The topological polar surface area (TPSA) is 29.1 Å². The lowest BCUT2D eigenvalue weighted by molar-refractivity contribution is -0.116. The Hall–Kier alpha value is -1.83. The number of hydrogen-bond donors (Lipinski definition) is 1. The molecule has 2 heteroatoms. The number of rotatable bonds is 4. The van der Waals surface area contributed by atoms with Gasteiger partial charge in [0.05, 0.1) is 0 Å². The molecule has 1 atom stereocenters. The Morgan fingerprint density at radius 3 is 2.52 bits per heavy atom. The molecule has 1 aromatic rings. The molecule has 112 valence electrons. The second-order valence-corrected chi connectivity index (χ2v) is 5.94. The SMILES string of the molecule is CCC1=C(C(=O)NC)C=C(Cc2ccc(C)cc2)C(C)C1. The number of benzene rings is 1. The van der Waals surface area contributed by atoms with Crippen LogP contribution in [0.4, 0.5) is 0 Å². The molecule has 0 heterocycles. The summed E-state index contributed by atoms with van der Waals surface area (Å²) in [6.07, 6.45) is 4.99. The molecule has 0 spiro atoms. The van der Waals surface area contributed by atoms with Crippen LogP contribution in [0.15, 0.2) is 47.1 Å². The summed E-state index contributed by atoms with van der Waals surface area (Å²) >= 11 is 0. The maximum Gasteiger partial charge on any atom is 0.250 e. The normalized spacial score (nSPS) is 18.5. The van der Waals surface area contributed by atoms with Gasteiger partial charge in [0.15, 0.2) is 0 Å². The first-order valence-electron chi connectivity index (χ1n) is 7.75. The van der Waals surface area contributed by atoms with E-state index in [2.05, 4.69) is 56.4 Å². The third-order valence-corrected chi connectivity index (χ3v) is 4.32. The van der Waals surface area contributed by atoms with Crippen molar-refractivity contribution in [2.75, 3.05) is 7.05 Å². The van der Waals surface area contributed by atoms with Crippen LogP contribution in [-0.4, -0.2) is 13.0 Å². The molecular weight excluding hydrogens is 258 g/mol. The van der Waals surface area contributed by atoms with E-state index < -0.39 is 0 Å². The van der Waals surface area contributed by atoms with E-state index >= 15 is 0 Å². The van der Waals surface area contributed by atoms with E-state index in [1.54, 1.807) is 7.05 Å². The number of carbonyl (C=O) groups is 1. The van der Waals surface area contributed by atoms with Crippen molar-refractivity contribution in [1.29, 1.82) is 0 Å². The van der Waals surface area contributed by atoms with Crippen molar-refractivity contribution in [3.63, 3.8) is 0 Å². The highest BCUT2D eigenvalue weighted by Gasteiger charge is 2.22. The molecule has 0 saturated heterocycles. The van der Waals surface area contributed by atoms with Crippen molar-refractivity contribution < 1.29 is 4.79 Å². The number of nitrogens with one attached hydrogen (secondary N) is 1. The summed E-state index contributed by atoms with van der Waals surface area (Å²) < 4.78 is 0. The highest BCUT2D eigenvalue weighted by Crippen LogP contribution is 2.32. The van der Waals surface area contributed by atoms with Gasteiger partial charge in [-0.1, -0.05) is 54.8 Å². The lowest BCUT2D eigenvalue weighted by Crippen LogP contribution is -2.24. The molecule has 1 aliphatic carbocycles. The zero-order valence-corrected chi connectivity index (χ0v) is 13.5. The summed E-state index contributed by atoms with van der Waals surface area (Å²) in [6, 6.07) is 8.66. The van der Waals surface area contributed by atoms with Gasteiger partial charge < -0.3 is 5.32 Å². The summed E-state index contributed by atoms with van der Waals surface area (Å²) in [5.74, 6) is 0.551. The third-order valence-electron chi connectivity index (χ3n) is 4.32. The highest BCUT2D eigenvalue weighted by molar-refractivity contribution is 5.97. The minimum Gasteiger partial charge on any atom is -0.355 e. The first-order chi connectivity index (χ1) is 10.0. The van der Waals surface area contributed by atoms with E-state index in [4.69, 9.17) is 0 Å². The zero-order chi connectivity index (χ0) is 15.4. The number of hydrogen-bond acceptors (Lipinski definition) is 1. The predicted octanol–water partition coefficient (Wildman–Crippen LogP) is 3.96. The average molecular weight is 283 g/mol. The van der Waals surface area contributed by atoms with Crippen molar-refractivity contribution in [1.82, 2.24) is 5.32 Å². The maximum atomic E-state index is 12.1. The van der Waals surface area contributed by atoms with Gasteiger partial charge in [0, 0.05) is 12.6 Å². The van der Waals surface area contributed by atoms with E-state index in [1.807, 2.05) is 0 Å². The lowest BCUT2D eigenvalue weighted by atomic mass is 9.81. The second-order valence-electron chi connectivity index (χ2n) is 5.94. The Morgan fingerprint density at radius 1 is 1.29 bits per heavy atom. The van der Waals surface area contributed by atoms with Crippen molar-refractivity contribution in [2.24, 2.45) is 5.92 Å². The fraction of sp³-hybridized carbons (Fsp3) is 0.421. The smallest absolute Gasteiger partial charge is 0.250 e. The van der Waals surface area contributed by atoms with Gasteiger partial charge in [0.1, 0.15) is 0 Å². The molecule has 1 unspecified atom stereocenters. The molecule has 0 saturated carbocycles. The minimum atomic E-state index is 0.0418. The largest absolute Gasteiger partial charge is 0.355 e. The van der Waals surface area contributed by atoms with Gasteiger partial charge in [-0.25, -0.2) is 0 Å². The zero-order valence-electron chi connectivity index (χ0n) is 13.5. The minimum absolute atomic E-state index is 0.0418. The number of allylic oxidation sites excluding steroid dienone is 2. The van der Waals surface area contributed by atoms with Crippen LogP contribution in [0, 0.1) is 12.8 Å². The van der Waals surface area contributed by atoms with Gasteiger partial charge in [-0.05, 0) is 43.7 Å². The summed E-state index contributed by atoms with van der Waals surface area (Å²) in [7, 11) is 1.70. The van der Waals surface area contributed by atoms with Crippen LogP contribution in [0.2, 0.25) is 0 Å². The molecule has 1 amide bonds. The van der Waals surface area contributed by atoms with Crippen LogP contribution < -0.4 is 5.32 Å². The molecule has 0 radical (unpaired) electrons. The number of carbonyl (C=O) groups excluding carboxylic acids is 1. The van der Waals surface area contributed by atoms with Crippen molar-refractivity contribution in [3.05, 3.63) is 58.2 Å². The summed E-state index contributed by atoms with van der Waals surface area (Å²) in [5, 5.41) is 2.76. The van der Waals surface area contributed by atoms with Gasteiger partial charge in [-0.15, -0.1) is 0 Å². The maximum absolute atomic E-state index is 12.1. The van der Waals surface area contributed by atoms with Gasteiger partial charge >= 0.3 is 0 Å². The second kappa shape index (κ2) is 6.75. The summed E-state index contributed by atoms with van der Waals surface area (Å²) in [4.78, 5) is 12.1. The van der Waals surface area contributed by atoms with Crippen LogP contribution in [0.3, 0.4) is 0 Å². The first-order valence-corrected chi connectivity index (χ1v) is 7.75. The van der Waals surface area contributed by atoms with Gasteiger partial charge in [-0.3, -0.25) is 4.79 Å². The monoisotopic (exact) mass is 283 g/mol. The Balaban J connectivity index is 2.29. The Labute approximate surface area is 128 Å². The van der Waals surface area contributed by atoms with E-state index in [1.165, 1.54) is 22.3 Å². The van der Waals surface area contributed by atoms with Crippen molar-refractivity contribution in [2.45, 2.75) is 40.0 Å². The van der Waals surface area contributed by atoms with Crippen LogP contribution in [0.1, 0.15) is 37.8 Å². The third kappa shape index (κ3) is 3.63. The Kier molecular flexibility index (Phi) is 5.00. The molecule has 0 aromatic heterocycles. The fourth-order valence-electron chi connectivity index (χ4n) is 2.90. The lowest BCUT2D eigenvalue weighted by Gasteiger charge is -2.25. The van der Waals surface area contributed by atoms with Crippen LogP contribution in [-0.2, 0) is 11.2 Å². The van der Waals surface area contributed by atoms with Gasteiger partial charge in [0.25, 0.3) is 5.91 Å². The summed E-state index contributed by atoms with van der Waals surface area (Å²) in [6.45, 7) is 6.49. The fourth-order valence-corrected chi connectivity index (χ4v) is 2.90.